The van der Waals surface area contributed by atoms with Gasteiger partial charge in [0.2, 0.25) is 5.91 Å². The summed E-state index contributed by atoms with van der Waals surface area (Å²) in [5, 5.41) is 7.05. The van der Waals surface area contributed by atoms with Crippen LogP contribution >= 0.6 is 0 Å². The Morgan fingerprint density at radius 2 is 1.84 bits per heavy atom. The fourth-order valence-corrected chi connectivity index (χ4v) is 3.38. The fraction of sp³-hybridized carbons (Fsp3) is 0.304. The minimum absolute atomic E-state index is 0.109. The quantitative estimate of drug-likeness (QED) is 0.525. The van der Waals surface area contributed by atoms with Crippen LogP contribution in [0.5, 0.6) is 17.2 Å². The van der Waals surface area contributed by atoms with Crippen molar-refractivity contribution in [3.05, 3.63) is 60.0 Å². The third kappa shape index (κ3) is 4.33. The van der Waals surface area contributed by atoms with Crippen LogP contribution in [0.2, 0.25) is 0 Å². The molecule has 162 valence electrons. The number of hydrogen-bond acceptors (Lipinski definition) is 6. The first kappa shape index (κ1) is 20.7. The molecule has 31 heavy (non-hydrogen) atoms. The summed E-state index contributed by atoms with van der Waals surface area (Å²) >= 11 is 0. The van der Waals surface area contributed by atoms with Crippen LogP contribution in [0.15, 0.2) is 53.1 Å². The van der Waals surface area contributed by atoms with Crippen molar-refractivity contribution in [1.29, 1.82) is 0 Å². The van der Waals surface area contributed by atoms with Gasteiger partial charge in [0.25, 0.3) is 0 Å². The van der Waals surface area contributed by atoms with Crippen molar-refractivity contribution in [3.63, 3.8) is 0 Å². The molecule has 1 aliphatic carbocycles. The lowest BCUT2D eigenvalue weighted by Gasteiger charge is -2.13. The number of benzene rings is 2. The monoisotopic (exact) mass is 426 g/mol. The van der Waals surface area contributed by atoms with E-state index in [1.54, 1.807) is 44.6 Å². The zero-order chi connectivity index (χ0) is 21.8. The molecule has 1 amide bonds. The number of nitrogens with one attached hydrogen (secondary N) is 1. The third-order valence-corrected chi connectivity index (χ3v) is 5.32. The minimum Gasteiger partial charge on any atom is -0.493 e. The maximum atomic E-state index is 12.9. The third-order valence-electron chi connectivity index (χ3n) is 5.32. The molecule has 1 heterocycles. The van der Waals surface area contributed by atoms with E-state index in [-0.39, 0.29) is 18.3 Å². The lowest BCUT2D eigenvalue weighted by molar-refractivity contribution is -0.123. The molecule has 2 aromatic carbocycles. The molecule has 4 rings (SSSR count). The molecule has 0 bridgehead atoms. The molecule has 0 atom stereocenters. The van der Waals surface area contributed by atoms with Gasteiger partial charge in [-0.05, 0) is 55.3 Å². The minimum atomic E-state index is -0.672. The Balaban J connectivity index is 1.37. The number of carbonyl (C=O) groups excluding carboxylic acids is 1. The van der Waals surface area contributed by atoms with Gasteiger partial charge in [0.05, 0.1) is 31.9 Å². The first-order valence-electron chi connectivity index (χ1n) is 9.92. The largest absolute Gasteiger partial charge is 0.493 e. The first-order valence-corrected chi connectivity index (χ1v) is 9.92. The molecule has 0 aliphatic heterocycles. The standard InChI is InChI=1S/C23H23FN2O5/c1-28-18-8-3-15(13-20(18)29-2)19-14-21(26-31-19)23(9-10-23)22(27)25-11-12-30-17-6-4-16(24)5-7-17/h3-8,13-14H,9-12H2,1-2H3,(H,25,27). The average molecular weight is 426 g/mol. The molecule has 0 radical (unpaired) electrons. The normalized spacial score (nSPS) is 14.0. The van der Waals surface area contributed by atoms with Gasteiger partial charge in [-0.15, -0.1) is 0 Å². The van der Waals surface area contributed by atoms with E-state index in [0.29, 0.717) is 48.1 Å². The molecule has 1 aliphatic rings. The lowest BCUT2D eigenvalue weighted by Crippen LogP contribution is -2.37. The van der Waals surface area contributed by atoms with Gasteiger partial charge in [0.1, 0.15) is 18.2 Å². The van der Waals surface area contributed by atoms with Gasteiger partial charge in [-0.3, -0.25) is 4.79 Å². The Hall–Kier alpha value is -3.55. The molecule has 1 saturated carbocycles. The van der Waals surface area contributed by atoms with Gasteiger partial charge in [-0.25, -0.2) is 4.39 Å². The van der Waals surface area contributed by atoms with Crippen molar-refractivity contribution in [3.8, 4) is 28.6 Å². The van der Waals surface area contributed by atoms with Crippen LogP contribution in [0.25, 0.3) is 11.3 Å². The molecule has 3 aromatic rings. The Kier molecular flexibility index (Phi) is 5.79. The number of amides is 1. The van der Waals surface area contributed by atoms with Crippen LogP contribution in [0.4, 0.5) is 4.39 Å². The summed E-state index contributed by atoms with van der Waals surface area (Å²) in [6.45, 7) is 0.613. The summed E-state index contributed by atoms with van der Waals surface area (Å²) in [6, 6.07) is 13.0. The van der Waals surface area contributed by atoms with Crippen LogP contribution in [0.1, 0.15) is 18.5 Å². The van der Waals surface area contributed by atoms with E-state index in [4.69, 9.17) is 18.7 Å². The van der Waals surface area contributed by atoms with Crippen LogP contribution in [-0.2, 0) is 10.2 Å². The van der Waals surface area contributed by atoms with E-state index in [0.717, 1.165) is 5.56 Å². The number of rotatable bonds is 9. The highest BCUT2D eigenvalue weighted by Crippen LogP contribution is 2.48. The first-order chi connectivity index (χ1) is 15.1. The van der Waals surface area contributed by atoms with Crippen molar-refractivity contribution < 1.29 is 27.9 Å². The van der Waals surface area contributed by atoms with Gasteiger partial charge in [0.15, 0.2) is 17.3 Å². The SMILES string of the molecule is COc1ccc(-c2cc(C3(C(=O)NCCOc4ccc(F)cc4)CC3)no2)cc1OC. The maximum Gasteiger partial charge on any atom is 0.232 e. The van der Waals surface area contributed by atoms with E-state index in [1.165, 1.54) is 12.1 Å². The molecular weight excluding hydrogens is 403 g/mol. The molecule has 1 aromatic heterocycles. The topological polar surface area (TPSA) is 82.8 Å². The van der Waals surface area contributed by atoms with E-state index in [1.807, 2.05) is 6.07 Å². The van der Waals surface area contributed by atoms with E-state index in [2.05, 4.69) is 10.5 Å². The maximum absolute atomic E-state index is 12.9. The zero-order valence-corrected chi connectivity index (χ0v) is 17.3. The summed E-state index contributed by atoms with van der Waals surface area (Å²) in [5.41, 5.74) is 0.711. The van der Waals surface area contributed by atoms with Crippen LogP contribution < -0.4 is 19.5 Å². The Bertz CT molecular complexity index is 1060. The van der Waals surface area contributed by atoms with Crippen LogP contribution in [0.3, 0.4) is 0 Å². The van der Waals surface area contributed by atoms with Crippen LogP contribution in [-0.4, -0.2) is 38.4 Å². The van der Waals surface area contributed by atoms with E-state index >= 15 is 0 Å². The molecule has 0 unspecified atom stereocenters. The van der Waals surface area contributed by atoms with Gasteiger partial charge in [0, 0.05) is 11.6 Å². The Morgan fingerprint density at radius 3 is 2.52 bits per heavy atom. The number of hydrogen-bond donors (Lipinski definition) is 1. The van der Waals surface area contributed by atoms with Crippen LogP contribution in [0, 0.1) is 5.82 Å². The second-order valence-corrected chi connectivity index (χ2v) is 7.29. The van der Waals surface area contributed by atoms with Crippen molar-refractivity contribution in [2.75, 3.05) is 27.4 Å². The van der Waals surface area contributed by atoms with Crippen molar-refractivity contribution in [2.45, 2.75) is 18.3 Å². The molecule has 8 heteroatoms. The second kappa shape index (κ2) is 8.67. The summed E-state index contributed by atoms with van der Waals surface area (Å²) < 4.78 is 34.5. The van der Waals surface area contributed by atoms with E-state index in [9.17, 15) is 9.18 Å². The number of carbonyl (C=O) groups is 1. The van der Waals surface area contributed by atoms with Gasteiger partial charge >= 0.3 is 0 Å². The Labute approximate surface area is 179 Å². The van der Waals surface area contributed by atoms with Gasteiger partial charge in [-0.1, -0.05) is 5.16 Å². The second-order valence-electron chi connectivity index (χ2n) is 7.29. The summed E-state index contributed by atoms with van der Waals surface area (Å²) in [7, 11) is 3.14. The molecule has 0 spiro atoms. The van der Waals surface area contributed by atoms with Gasteiger partial charge in [-0.2, -0.15) is 0 Å². The molecule has 1 fully saturated rings. The highest BCUT2D eigenvalue weighted by atomic mass is 19.1. The highest BCUT2D eigenvalue weighted by Gasteiger charge is 2.53. The molecule has 0 saturated heterocycles. The average Bonchev–Trinajstić information content (AvgIpc) is 3.46. The predicted molar refractivity (Wildman–Crippen MR) is 111 cm³/mol. The molecular formula is C23H23FN2O5. The summed E-state index contributed by atoms with van der Waals surface area (Å²) in [4.78, 5) is 12.8. The summed E-state index contributed by atoms with van der Waals surface area (Å²) in [6.07, 6.45) is 1.41. The summed E-state index contributed by atoms with van der Waals surface area (Å²) in [5.74, 6) is 1.87. The predicted octanol–water partition coefficient (Wildman–Crippen LogP) is 3.72. The smallest absolute Gasteiger partial charge is 0.232 e. The van der Waals surface area contributed by atoms with Gasteiger partial charge < -0.3 is 24.1 Å². The number of ether oxygens (including phenoxy) is 3. The zero-order valence-electron chi connectivity index (χ0n) is 17.3. The number of methoxy groups -OCH3 is 2. The highest BCUT2D eigenvalue weighted by molar-refractivity contribution is 5.91. The van der Waals surface area contributed by atoms with E-state index < -0.39 is 5.41 Å². The number of halogens is 1. The van der Waals surface area contributed by atoms with Crippen molar-refractivity contribution in [1.82, 2.24) is 10.5 Å². The lowest BCUT2D eigenvalue weighted by atomic mass is 10.0. The van der Waals surface area contributed by atoms with Crippen molar-refractivity contribution in [2.24, 2.45) is 0 Å². The van der Waals surface area contributed by atoms with Crippen molar-refractivity contribution >= 4 is 5.91 Å². The molecule has 1 N–H and O–H groups in total. The number of aromatic nitrogens is 1. The Morgan fingerprint density at radius 1 is 1.10 bits per heavy atom. The molecule has 7 nitrogen and oxygen atoms in total. The fourth-order valence-electron chi connectivity index (χ4n) is 3.38. The number of nitrogens with zero attached hydrogens (tertiary/aromatic N) is 1.